The van der Waals surface area contributed by atoms with Crippen LogP contribution in [0.25, 0.3) is 11.3 Å². The number of carbonyl (C=O) groups is 1. The molecule has 9 heteroatoms. The lowest BCUT2D eigenvalue weighted by Gasteiger charge is -2.07. The van der Waals surface area contributed by atoms with Crippen molar-refractivity contribution >= 4 is 17.5 Å². The molecule has 0 unspecified atom stereocenters. The van der Waals surface area contributed by atoms with Crippen molar-refractivity contribution in [3.63, 3.8) is 0 Å². The molecule has 0 aliphatic carbocycles. The van der Waals surface area contributed by atoms with Crippen molar-refractivity contribution in [2.45, 2.75) is 11.8 Å². The Morgan fingerprint density at radius 1 is 1.11 bits per heavy atom. The quantitative estimate of drug-likeness (QED) is 0.238. The average Bonchev–Trinajstić information content (AvgIpc) is 2.66. The zero-order chi connectivity index (χ0) is 20.1. The number of halogens is 4. The number of alkyl halides is 2. The third kappa shape index (κ3) is 5.07. The van der Waals surface area contributed by atoms with Gasteiger partial charge in [-0.05, 0) is 30.3 Å². The second-order valence-electron chi connectivity index (χ2n) is 5.47. The lowest BCUT2D eigenvalue weighted by atomic mass is 10.1. The van der Waals surface area contributed by atoms with E-state index >= 15 is 0 Å². The highest BCUT2D eigenvalue weighted by atomic mass is 32.2. The van der Waals surface area contributed by atoms with Crippen molar-refractivity contribution in [3.05, 3.63) is 71.9 Å². The zero-order valence-corrected chi connectivity index (χ0v) is 14.9. The van der Waals surface area contributed by atoms with Gasteiger partial charge in [0.25, 0.3) is 0 Å². The molecule has 144 valence electrons. The fraction of sp³-hybridized carbons (Fsp3) is 0.105. The molecule has 0 fully saturated rings. The Balaban J connectivity index is 1.72. The maximum Gasteiger partial charge on any atom is 0.387 e. The summed E-state index contributed by atoms with van der Waals surface area (Å²) in [7, 11) is 0. The minimum Gasteiger partial charge on any atom is -0.435 e. The maximum atomic E-state index is 13.7. The Labute approximate surface area is 161 Å². The van der Waals surface area contributed by atoms with E-state index in [1.807, 2.05) is 0 Å². The number of Topliss-reactive ketones (excluding diaryl/α,β-unsaturated/α-hetero) is 1. The molecule has 0 N–H and O–H groups in total. The summed E-state index contributed by atoms with van der Waals surface area (Å²) in [6, 6.07) is 10.3. The number of ketones is 1. The number of hydrogen-bond acceptors (Lipinski definition) is 5. The standard InChI is InChI=1S/C19H12F4N2O2S/c20-12-4-5-14(15(21)9-12)17(26)10-28-19-24-7-6-16(25-19)11-2-1-3-13(8-11)27-18(22)23/h1-9,18H,10H2. The number of hydrogen-bond donors (Lipinski definition) is 0. The highest BCUT2D eigenvalue weighted by Crippen LogP contribution is 2.25. The number of rotatable bonds is 7. The summed E-state index contributed by atoms with van der Waals surface area (Å²) in [6.45, 7) is -2.94. The molecule has 3 rings (SSSR count). The second-order valence-corrected chi connectivity index (χ2v) is 6.41. The number of ether oxygens (including phenoxy) is 1. The lowest BCUT2D eigenvalue weighted by molar-refractivity contribution is -0.0498. The van der Waals surface area contributed by atoms with Crippen molar-refractivity contribution in [2.75, 3.05) is 5.75 Å². The first-order valence-corrected chi connectivity index (χ1v) is 8.90. The predicted octanol–water partition coefficient (Wildman–Crippen LogP) is 5.00. The van der Waals surface area contributed by atoms with Crippen molar-refractivity contribution in [1.29, 1.82) is 0 Å². The minimum atomic E-state index is -2.94. The minimum absolute atomic E-state index is 0.0118. The first kappa shape index (κ1) is 19.8. The second kappa shape index (κ2) is 8.83. The zero-order valence-electron chi connectivity index (χ0n) is 14.1. The van der Waals surface area contributed by atoms with E-state index in [0.29, 0.717) is 17.3 Å². The van der Waals surface area contributed by atoms with Gasteiger partial charge in [0.15, 0.2) is 10.9 Å². The van der Waals surface area contributed by atoms with Gasteiger partial charge in [-0.15, -0.1) is 0 Å². The van der Waals surface area contributed by atoms with Gasteiger partial charge in [0.2, 0.25) is 0 Å². The summed E-state index contributed by atoms with van der Waals surface area (Å²) in [4.78, 5) is 20.4. The first-order chi connectivity index (χ1) is 13.4. The van der Waals surface area contributed by atoms with E-state index in [4.69, 9.17) is 0 Å². The molecule has 4 nitrogen and oxygen atoms in total. The molecule has 28 heavy (non-hydrogen) atoms. The van der Waals surface area contributed by atoms with Crippen molar-refractivity contribution < 1.29 is 27.1 Å². The Bertz CT molecular complexity index is 1000. The number of aromatic nitrogens is 2. The monoisotopic (exact) mass is 408 g/mol. The molecule has 0 radical (unpaired) electrons. The number of nitrogens with zero attached hydrogens (tertiary/aromatic N) is 2. The van der Waals surface area contributed by atoms with Crippen LogP contribution >= 0.6 is 11.8 Å². The molecule has 0 aliphatic heterocycles. The van der Waals surface area contributed by atoms with E-state index in [2.05, 4.69) is 14.7 Å². The summed E-state index contributed by atoms with van der Waals surface area (Å²) in [6.07, 6.45) is 1.45. The molecule has 1 aromatic heterocycles. The van der Waals surface area contributed by atoms with Crippen LogP contribution < -0.4 is 4.74 Å². The molecule has 0 saturated heterocycles. The number of thioether (sulfide) groups is 1. The largest absolute Gasteiger partial charge is 0.435 e. The fourth-order valence-electron chi connectivity index (χ4n) is 2.33. The van der Waals surface area contributed by atoms with Crippen LogP contribution in [0.2, 0.25) is 0 Å². The SMILES string of the molecule is O=C(CSc1nccc(-c2cccc(OC(F)F)c2)n1)c1ccc(F)cc1F. The van der Waals surface area contributed by atoms with Gasteiger partial charge in [-0.1, -0.05) is 23.9 Å². The van der Waals surface area contributed by atoms with Gasteiger partial charge in [0.1, 0.15) is 17.4 Å². The van der Waals surface area contributed by atoms with E-state index in [1.54, 1.807) is 18.2 Å². The molecule has 0 spiro atoms. The lowest BCUT2D eigenvalue weighted by Crippen LogP contribution is -2.06. The molecule has 0 aliphatic rings. The van der Waals surface area contributed by atoms with Crippen LogP contribution in [0.3, 0.4) is 0 Å². The number of carbonyl (C=O) groups excluding carboxylic acids is 1. The Hall–Kier alpha value is -2.94. The molecule has 1 heterocycles. The molecule has 0 bridgehead atoms. The van der Waals surface area contributed by atoms with E-state index in [1.165, 1.54) is 18.3 Å². The van der Waals surface area contributed by atoms with Gasteiger partial charge >= 0.3 is 6.61 Å². The highest BCUT2D eigenvalue weighted by molar-refractivity contribution is 7.99. The highest BCUT2D eigenvalue weighted by Gasteiger charge is 2.14. The van der Waals surface area contributed by atoms with Gasteiger partial charge < -0.3 is 4.74 Å². The van der Waals surface area contributed by atoms with E-state index in [0.717, 1.165) is 23.9 Å². The van der Waals surface area contributed by atoms with Crippen LogP contribution in [0.4, 0.5) is 17.6 Å². The normalized spacial score (nSPS) is 10.9. The summed E-state index contributed by atoms with van der Waals surface area (Å²) in [5.74, 6) is -2.40. The fourth-order valence-corrected chi connectivity index (χ4v) is 3.04. The first-order valence-electron chi connectivity index (χ1n) is 7.92. The Morgan fingerprint density at radius 3 is 2.68 bits per heavy atom. The summed E-state index contributed by atoms with van der Waals surface area (Å²) < 4.78 is 55.7. The van der Waals surface area contributed by atoms with Crippen LogP contribution in [-0.4, -0.2) is 28.1 Å². The topological polar surface area (TPSA) is 52.1 Å². The molecular formula is C19H12F4N2O2S. The number of benzene rings is 2. The van der Waals surface area contributed by atoms with Crippen molar-refractivity contribution in [3.8, 4) is 17.0 Å². The molecule has 3 aromatic rings. The summed E-state index contributed by atoms with van der Waals surface area (Å²) in [5, 5.41) is 0.244. The molecule has 0 atom stereocenters. The molecule has 2 aromatic carbocycles. The predicted molar refractivity (Wildman–Crippen MR) is 95.5 cm³/mol. The Morgan fingerprint density at radius 2 is 1.93 bits per heavy atom. The van der Waals surface area contributed by atoms with Gasteiger partial charge in [0, 0.05) is 17.8 Å². The van der Waals surface area contributed by atoms with Crippen LogP contribution in [0.1, 0.15) is 10.4 Å². The van der Waals surface area contributed by atoms with E-state index < -0.39 is 24.0 Å². The van der Waals surface area contributed by atoms with Crippen LogP contribution in [0.5, 0.6) is 5.75 Å². The molecular weight excluding hydrogens is 396 g/mol. The Kier molecular flexibility index (Phi) is 6.25. The van der Waals surface area contributed by atoms with Crippen LogP contribution in [0, 0.1) is 11.6 Å². The van der Waals surface area contributed by atoms with Gasteiger partial charge in [-0.2, -0.15) is 8.78 Å². The van der Waals surface area contributed by atoms with E-state index in [-0.39, 0.29) is 22.2 Å². The van der Waals surface area contributed by atoms with Crippen molar-refractivity contribution in [2.24, 2.45) is 0 Å². The van der Waals surface area contributed by atoms with Gasteiger partial charge in [-0.25, -0.2) is 18.7 Å². The maximum absolute atomic E-state index is 13.7. The van der Waals surface area contributed by atoms with Gasteiger partial charge in [0.05, 0.1) is 17.0 Å². The third-order valence-electron chi connectivity index (χ3n) is 3.55. The van der Waals surface area contributed by atoms with Crippen LogP contribution in [-0.2, 0) is 0 Å². The van der Waals surface area contributed by atoms with Gasteiger partial charge in [-0.3, -0.25) is 4.79 Å². The van der Waals surface area contributed by atoms with E-state index in [9.17, 15) is 22.4 Å². The van der Waals surface area contributed by atoms with Crippen LogP contribution in [0.15, 0.2) is 59.9 Å². The summed E-state index contributed by atoms with van der Waals surface area (Å²) in [5.41, 5.74) is 0.748. The summed E-state index contributed by atoms with van der Waals surface area (Å²) >= 11 is 0.977. The molecule has 0 amide bonds. The molecule has 0 saturated carbocycles. The smallest absolute Gasteiger partial charge is 0.387 e. The van der Waals surface area contributed by atoms with Crippen molar-refractivity contribution in [1.82, 2.24) is 9.97 Å². The average molecular weight is 408 g/mol. The third-order valence-corrected chi connectivity index (χ3v) is 4.41.